The van der Waals surface area contributed by atoms with E-state index in [1.807, 2.05) is 0 Å². The van der Waals surface area contributed by atoms with Crippen LogP contribution in [0.25, 0.3) is 0 Å². The van der Waals surface area contributed by atoms with Crippen molar-refractivity contribution in [3.63, 3.8) is 0 Å². The van der Waals surface area contributed by atoms with Gasteiger partial charge in [-0.2, -0.15) is 0 Å². The Hall–Kier alpha value is 0.540. The topological polar surface area (TPSA) is 27.6 Å². The third-order valence-corrected chi connectivity index (χ3v) is 0.604. The van der Waals surface area contributed by atoms with Gasteiger partial charge in [-0.1, -0.05) is 13.3 Å². The number of quaternary nitrogens is 1. The zero-order valence-corrected chi connectivity index (χ0v) is 6.10. The Morgan fingerprint density at radius 2 is 1.71 bits per heavy atom. The Morgan fingerprint density at radius 3 is 1.71 bits per heavy atom. The van der Waals surface area contributed by atoms with Gasteiger partial charge in [0.2, 0.25) is 0 Å². The van der Waals surface area contributed by atoms with Gasteiger partial charge in [0.1, 0.15) is 0 Å². The highest BCUT2D eigenvalue weighted by Gasteiger charge is 1.71. The van der Waals surface area contributed by atoms with Crippen molar-refractivity contribution in [2.75, 3.05) is 6.54 Å². The van der Waals surface area contributed by atoms with Crippen LogP contribution in [-0.2, 0) is 0 Å². The molecule has 0 aromatic rings. The SMILES string of the molecule is CCCC[NH3+].[Cl-].[Cl-]. The van der Waals surface area contributed by atoms with E-state index in [-0.39, 0.29) is 24.8 Å². The van der Waals surface area contributed by atoms with E-state index < -0.39 is 0 Å². The summed E-state index contributed by atoms with van der Waals surface area (Å²) in [5.41, 5.74) is 3.68. The van der Waals surface area contributed by atoms with Gasteiger partial charge in [0.05, 0.1) is 6.54 Å². The largest absolute Gasteiger partial charge is 1.00 e. The lowest BCUT2D eigenvalue weighted by atomic mass is 10.3. The Labute approximate surface area is 57.5 Å². The van der Waals surface area contributed by atoms with Gasteiger partial charge in [0.25, 0.3) is 0 Å². The molecule has 3 N–H and O–H groups in total. The molecule has 0 radical (unpaired) electrons. The number of rotatable bonds is 2. The van der Waals surface area contributed by atoms with Crippen LogP contribution < -0.4 is 30.5 Å². The number of unbranched alkanes of at least 4 members (excludes halogenated alkanes) is 1. The standard InChI is InChI=1S/C4H11N.2ClH/c1-2-3-4-5;;/h2-5H2,1H3;2*1H/p-1. The summed E-state index contributed by atoms with van der Waals surface area (Å²) < 4.78 is 0. The molecule has 0 fully saturated rings. The zero-order chi connectivity index (χ0) is 4.12. The fourth-order valence-corrected chi connectivity index (χ4v) is 0.250. The summed E-state index contributed by atoms with van der Waals surface area (Å²) in [4.78, 5) is 0. The minimum Gasteiger partial charge on any atom is -1.00 e. The van der Waals surface area contributed by atoms with E-state index in [0.717, 1.165) is 6.54 Å². The van der Waals surface area contributed by atoms with E-state index in [9.17, 15) is 0 Å². The second-order valence-electron chi connectivity index (χ2n) is 1.21. The minimum absolute atomic E-state index is 0. The van der Waals surface area contributed by atoms with Crippen molar-refractivity contribution < 1.29 is 30.5 Å². The summed E-state index contributed by atoms with van der Waals surface area (Å²) in [7, 11) is 0. The van der Waals surface area contributed by atoms with Crippen LogP contribution in [0.5, 0.6) is 0 Å². The molecular weight excluding hydrogens is 133 g/mol. The first-order chi connectivity index (χ1) is 2.41. The molecule has 0 heterocycles. The van der Waals surface area contributed by atoms with Gasteiger partial charge >= 0.3 is 0 Å². The van der Waals surface area contributed by atoms with Crippen LogP contribution in [0.2, 0.25) is 0 Å². The van der Waals surface area contributed by atoms with Crippen LogP contribution in [0, 0.1) is 0 Å². The summed E-state index contributed by atoms with van der Waals surface area (Å²) in [6, 6.07) is 0. The Morgan fingerprint density at radius 1 is 1.29 bits per heavy atom. The molecule has 0 atom stereocenters. The number of hydrogen-bond acceptors (Lipinski definition) is 0. The second-order valence-corrected chi connectivity index (χ2v) is 1.21. The molecule has 0 amide bonds. The van der Waals surface area contributed by atoms with Crippen LogP contribution in [0.1, 0.15) is 19.8 Å². The molecule has 0 spiro atoms. The first-order valence-corrected chi connectivity index (χ1v) is 2.21. The average Bonchev–Trinajstić information content (AvgIpc) is 1.41. The molecule has 0 aliphatic rings. The van der Waals surface area contributed by atoms with Gasteiger partial charge in [-0.3, -0.25) is 0 Å². The predicted molar refractivity (Wildman–Crippen MR) is 22.7 cm³/mol. The van der Waals surface area contributed by atoms with E-state index in [1.54, 1.807) is 0 Å². The lowest BCUT2D eigenvalue weighted by molar-refractivity contribution is -0.368. The molecule has 0 saturated heterocycles. The van der Waals surface area contributed by atoms with Crippen LogP contribution in [-0.4, -0.2) is 6.54 Å². The molecule has 0 bridgehead atoms. The molecule has 0 saturated carbocycles. The Bertz CT molecular complexity index is 17.2. The maximum atomic E-state index is 3.68. The molecule has 1 nitrogen and oxygen atoms in total. The van der Waals surface area contributed by atoms with E-state index in [4.69, 9.17) is 0 Å². The Kier molecular flexibility index (Phi) is 35.8. The van der Waals surface area contributed by atoms with Gasteiger partial charge in [-0.15, -0.1) is 0 Å². The summed E-state index contributed by atoms with van der Waals surface area (Å²) in [6.07, 6.45) is 2.56. The number of halogens is 2. The molecule has 0 unspecified atom stereocenters. The molecular formula is C4H12Cl2N-. The molecule has 0 aromatic heterocycles. The van der Waals surface area contributed by atoms with Crippen molar-refractivity contribution in [1.29, 1.82) is 0 Å². The van der Waals surface area contributed by atoms with Gasteiger partial charge in [-0.05, 0) is 6.42 Å². The van der Waals surface area contributed by atoms with Crippen molar-refractivity contribution in [3.8, 4) is 0 Å². The highest BCUT2D eigenvalue weighted by atomic mass is 35.5. The highest BCUT2D eigenvalue weighted by Crippen LogP contribution is 1.75. The molecule has 0 aliphatic carbocycles. The van der Waals surface area contributed by atoms with E-state index in [2.05, 4.69) is 12.7 Å². The van der Waals surface area contributed by atoms with Crippen LogP contribution >= 0.6 is 0 Å². The third-order valence-electron chi connectivity index (χ3n) is 0.604. The first-order valence-electron chi connectivity index (χ1n) is 2.21. The van der Waals surface area contributed by atoms with Gasteiger partial charge < -0.3 is 30.5 Å². The van der Waals surface area contributed by atoms with E-state index >= 15 is 0 Å². The van der Waals surface area contributed by atoms with Crippen molar-refractivity contribution in [2.45, 2.75) is 19.8 Å². The lowest BCUT2D eigenvalue weighted by Crippen LogP contribution is -3.00. The predicted octanol–water partition coefficient (Wildman–Crippen LogP) is -5.96. The van der Waals surface area contributed by atoms with Crippen LogP contribution in [0.4, 0.5) is 0 Å². The van der Waals surface area contributed by atoms with Crippen LogP contribution in [0.15, 0.2) is 0 Å². The fraction of sp³-hybridized carbons (Fsp3) is 1.00. The highest BCUT2D eigenvalue weighted by molar-refractivity contribution is 4.21. The second kappa shape index (κ2) is 16.0. The van der Waals surface area contributed by atoms with Crippen LogP contribution in [0.3, 0.4) is 0 Å². The normalized spacial score (nSPS) is 6.00. The molecule has 48 valence electrons. The summed E-state index contributed by atoms with van der Waals surface area (Å²) in [5, 5.41) is 0. The van der Waals surface area contributed by atoms with E-state index in [0.29, 0.717) is 0 Å². The van der Waals surface area contributed by atoms with Crippen molar-refractivity contribution in [1.82, 2.24) is 0 Å². The quantitative estimate of drug-likeness (QED) is 0.400. The summed E-state index contributed by atoms with van der Waals surface area (Å²) in [6.45, 7) is 3.27. The first kappa shape index (κ1) is 15.6. The molecule has 0 rings (SSSR count). The maximum Gasteiger partial charge on any atom is 0.0739 e. The zero-order valence-electron chi connectivity index (χ0n) is 4.58. The van der Waals surface area contributed by atoms with Crippen molar-refractivity contribution in [2.24, 2.45) is 0 Å². The smallest absolute Gasteiger partial charge is 0.0739 e. The summed E-state index contributed by atoms with van der Waals surface area (Å²) in [5.74, 6) is 0. The molecule has 0 aliphatic heterocycles. The maximum absolute atomic E-state index is 3.68. The summed E-state index contributed by atoms with van der Waals surface area (Å²) >= 11 is 0. The van der Waals surface area contributed by atoms with Crippen molar-refractivity contribution in [3.05, 3.63) is 0 Å². The average molecular weight is 145 g/mol. The monoisotopic (exact) mass is 144 g/mol. The number of hydrogen-bond donors (Lipinski definition) is 1. The molecule has 0 aromatic carbocycles. The van der Waals surface area contributed by atoms with Gasteiger partial charge in [0, 0.05) is 0 Å². The fourth-order valence-electron chi connectivity index (χ4n) is 0.250. The third kappa shape index (κ3) is 20.9. The molecule has 7 heavy (non-hydrogen) atoms. The van der Waals surface area contributed by atoms with Crippen molar-refractivity contribution >= 4 is 0 Å². The minimum atomic E-state index is 0. The van der Waals surface area contributed by atoms with Gasteiger partial charge in [0.15, 0.2) is 0 Å². The molecule has 3 heteroatoms. The van der Waals surface area contributed by atoms with E-state index in [1.165, 1.54) is 12.8 Å². The Balaban J connectivity index is -0.0000000800. The van der Waals surface area contributed by atoms with Gasteiger partial charge in [-0.25, -0.2) is 0 Å². The lowest BCUT2D eigenvalue weighted by Gasteiger charge is -1.77.